The van der Waals surface area contributed by atoms with Crippen LogP contribution in [0, 0.1) is 0 Å². The number of benzene rings is 1. The van der Waals surface area contributed by atoms with Crippen LogP contribution >= 0.6 is 0 Å². The highest BCUT2D eigenvalue weighted by molar-refractivity contribution is 5.94. The van der Waals surface area contributed by atoms with Crippen LogP contribution in [0.2, 0.25) is 0 Å². The first-order valence-corrected chi connectivity index (χ1v) is 10.7. The van der Waals surface area contributed by atoms with Gasteiger partial charge in [0.1, 0.15) is 12.1 Å². The van der Waals surface area contributed by atoms with Crippen molar-refractivity contribution in [2.24, 2.45) is 5.73 Å². The van der Waals surface area contributed by atoms with Gasteiger partial charge in [-0.25, -0.2) is 4.79 Å². The molecule has 3 amide bonds. The number of hydrogen-bond acceptors (Lipinski definition) is 6. The molecule has 0 saturated carbocycles. The lowest BCUT2D eigenvalue weighted by molar-refractivity contribution is -0.145. The minimum Gasteiger partial charge on any atom is -0.480 e. The highest BCUT2D eigenvalue weighted by Crippen LogP contribution is 2.06. The first-order valence-electron chi connectivity index (χ1n) is 10.7. The van der Waals surface area contributed by atoms with Crippen LogP contribution < -0.4 is 21.7 Å². The zero-order chi connectivity index (χ0) is 24.3. The van der Waals surface area contributed by atoms with E-state index in [4.69, 9.17) is 5.73 Å². The quantitative estimate of drug-likeness (QED) is 0.239. The third-order valence-electron chi connectivity index (χ3n) is 4.92. The van der Waals surface area contributed by atoms with Crippen LogP contribution in [0.1, 0.15) is 45.6 Å². The monoisotopic (exact) mass is 450 g/mol. The molecule has 7 N–H and O–H groups in total. The van der Waals surface area contributed by atoms with Gasteiger partial charge < -0.3 is 31.9 Å². The second kappa shape index (κ2) is 13.4. The summed E-state index contributed by atoms with van der Waals surface area (Å²) in [5.74, 6) is -3.26. The maximum atomic E-state index is 12.8. The summed E-state index contributed by atoms with van der Waals surface area (Å²) in [6.45, 7) is 4.68. The number of aliphatic hydroxyl groups is 1. The van der Waals surface area contributed by atoms with Crippen LogP contribution in [0.3, 0.4) is 0 Å². The lowest BCUT2D eigenvalue weighted by Gasteiger charge is -2.24. The summed E-state index contributed by atoms with van der Waals surface area (Å²) >= 11 is 0. The molecule has 0 aliphatic heterocycles. The molecule has 178 valence electrons. The molecule has 1 rings (SSSR count). The minimum atomic E-state index is -1.54. The molecule has 10 nitrogen and oxygen atoms in total. The van der Waals surface area contributed by atoms with Crippen LogP contribution in [-0.2, 0) is 25.6 Å². The number of aliphatic carboxylic acids is 1. The van der Waals surface area contributed by atoms with E-state index in [9.17, 15) is 29.4 Å². The van der Waals surface area contributed by atoms with E-state index in [1.54, 1.807) is 30.3 Å². The van der Waals surface area contributed by atoms with Crippen LogP contribution in [-0.4, -0.2) is 64.2 Å². The number of hydrogen-bond donors (Lipinski definition) is 6. The van der Waals surface area contributed by atoms with E-state index in [1.165, 1.54) is 13.8 Å². The van der Waals surface area contributed by atoms with Crippen LogP contribution in [0.4, 0.5) is 0 Å². The molecule has 0 radical (unpaired) electrons. The number of carbonyl (C=O) groups is 4. The van der Waals surface area contributed by atoms with Gasteiger partial charge in [0.05, 0.1) is 12.1 Å². The van der Waals surface area contributed by atoms with Crippen molar-refractivity contribution in [1.29, 1.82) is 0 Å². The van der Waals surface area contributed by atoms with Crippen molar-refractivity contribution in [2.45, 2.75) is 76.7 Å². The number of amides is 3. The fraction of sp³-hybridized carbons (Fsp3) is 0.545. The first-order chi connectivity index (χ1) is 15.1. The lowest BCUT2D eigenvalue weighted by atomic mass is 10.0. The number of carbonyl (C=O) groups excluding carboxylic acids is 3. The number of carboxylic acid groups (broad SMARTS) is 1. The number of carboxylic acids is 1. The highest BCUT2D eigenvalue weighted by atomic mass is 16.4. The topological polar surface area (TPSA) is 171 Å². The Balaban J connectivity index is 2.90. The molecule has 0 aliphatic rings. The molecule has 1 aromatic rings. The predicted molar refractivity (Wildman–Crippen MR) is 118 cm³/mol. The van der Waals surface area contributed by atoms with Gasteiger partial charge in [-0.3, -0.25) is 14.4 Å². The molecular formula is C22H34N4O6. The van der Waals surface area contributed by atoms with E-state index in [0.717, 1.165) is 18.4 Å². The Morgan fingerprint density at radius 2 is 1.59 bits per heavy atom. The maximum absolute atomic E-state index is 12.8. The molecule has 0 fully saturated rings. The molecule has 0 saturated heterocycles. The van der Waals surface area contributed by atoms with Crippen LogP contribution in [0.15, 0.2) is 30.3 Å². The van der Waals surface area contributed by atoms with Crippen molar-refractivity contribution >= 4 is 23.7 Å². The Hall–Kier alpha value is -2.98. The Labute approximate surface area is 187 Å². The third-order valence-corrected chi connectivity index (χ3v) is 4.92. The largest absolute Gasteiger partial charge is 0.480 e. The smallest absolute Gasteiger partial charge is 0.328 e. The van der Waals surface area contributed by atoms with Gasteiger partial charge in [-0.05, 0) is 25.8 Å². The van der Waals surface area contributed by atoms with E-state index < -0.39 is 54.0 Å². The fourth-order valence-corrected chi connectivity index (χ4v) is 2.94. The van der Waals surface area contributed by atoms with Gasteiger partial charge in [0, 0.05) is 6.42 Å². The first kappa shape index (κ1) is 27.1. The van der Waals surface area contributed by atoms with Gasteiger partial charge in [0.15, 0.2) is 6.04 Å². The second-order valence-electron chi connectivity index (χ2n) is 7.79. The van der Waals surface area contributed by atoms with E-state index >= 15 is 0 Å². The zero-order valence-electron chi connectivity index (χ0n) is 18.7. The number of aliphatic hydroxyl groups excluding tert-OH is 1. The molecule has 0 spiro atoms. The molecule has 0 aliphatic carbocycles. The average Bonchev–Trinajstić information content (AvgIpc) is 2.75. The van der Waals surface area contributed by atoms with E-state index in [0.29, 0.717) is 6.42 Å². The minimum absolute atomic E-state index is 0.0846. The molecule has 0 heterocycles. The van der Waals surface area contributed by atoms with Gasteiger partial charge in [0.25, 0.3) is 0 Å². The standard InChI is InChI=1S/C22H34N4O6/c1-4-5-11-16(23)20(29)24-13(2)19(28)25-17(12-15-9-7-6-8-10-15)21(30)26-18(14(3)27)22(31)32/h6-10,13-14,16-18,27H,4-5,11-12,23H2,1-3H3,(H,24,29)(H,25,28)(H,26,30)(H,31,32)/t13-,14+,16-,17-,18-/m0/s1. The van der Waals surface area contributed by atoms with Crippen molar-refractivity contribution in [1.82, 2.24) is 16.0 Å². The van der Waals surface area contributed by atoms with Gasteiger partial charge in [0.2, 0.25) is 17.7 Å². The normalized spacial score (nSPS) is 15.5. The van der Waals surface area contributed by atoms with Gasteiger partial charge in [-0.1, -0.05) is 50.1 Å². The number of nitrogens with two attached hydrogens (primary N) is 1. The molecule has 5 atom stereocenters. The number of nitrogens with one attached hydrogen (secondary N) is 3. The molecule has 0 bridgehead atoms. The van der Waals surface area contributed by atoms with E-state index in [2.05, 4.69) is 16.0 Å². The summed E-state index contributed by atoms with van der Waals surface area (Å²) in [6, 6.07) is 4.48. The lowest BCUT2D eigenvalue weighted by Crippen LogP contribution is -2.58. The molecule has 0 aromatic heterocycles. The molecule has 10 heteroatoms. The molecule has 32 heavy (non-hydrogen) atoms. The Morgan fingerprint density at radius 1 is 0.969 bits per heavy atom. The third kappa shape index (κ3) is 9.03. The predicted octanol–water partition coefficient (Wildman–Crippen LogP) is -0.314. The Kier molecular flexibility index (Phi) is 11.4. The summed E-state index contributed by atoms with van der Waals surface area (Å²) in [6.07, 6.45) is 0.902. The molecule has 0 unspecified atom stereocenters. The Morgan fingerprint density at radius 3 is 2.12 bits per heavy atom. The molecular weight excluding hydrogens is 416 g/mol. The summed E-state index contributed by atoms with van der Waals surface area (Å²) in [5.41, 5.74) is 6.56. The zero-order valence-corrected chi connectivity index (χ0v) is 18.7. The number of rotatable bonds is 13. The Bertz CT molecular complexity index is 771. The van der Waals surface area contributed by atoms with Crippen LogP contribution in [0.25, 0.3) is 0 Å². The fourth-order valence-electron chi connectivity index (χ4n) is 2.94. The number of unbranched alkanes of at least 4 members (excludes halogenated alkanes) is 1. The SMILES string of the molecule is CCCC[C@H](N)C(=O)N[C@@H](C)C(=O)N[C@@H](Cc1ccccc1)C(=O)N[C@H](C(=O)O)[C@@H](C)O. The maximum Gasteiger partial charge on any atom is 0.328 e. The van der Waals surface area contributed by atoms with Crippen molar-refractivity contribution in [2.75, 3.05) is 0 Å². The van der Waals surface area contributed by atoms with Gasteiger partial charge >= 0.3 is 5.97 Å². The van der Waals surface area contributed by atoms with Gasteiger partial charge in [-0.15, -0.1) is 0 Å². The summed E-state index contributed by atoms with van der Waals surface area (Å²) in [5, 5.41) is 26.2. The van der Waals surface area contributed by atoms with Crippen LogP contribution in [0.5, 0.6) is 0 Å². The van der Waals surface area contributed by atoms with Gasteiger partial charge in [-0.2, -0.15) is 0 Å². The van der Waals surface area contributed by atoms with Crippen molar-refractivity contribution in [3.05, 3.63) is 35.9 Å². The van der Waals surface area contributed by atoms with Crippen molar-refractivity contribution in [3.8, 4) is 0 Å². The van der Waals surface area contributed by atoms with E-state index in [-0.39, 0.29) is 6.42 Å². The summed E-state index contributed by atoms with van der Waals surface area (Å²) in [4.78, 5) is 48.9. The highest BCUT2D eigenvalue weighted by Gasteiger charge is 2.31. The molecule has 1 aromatic carbocycles. The summed E-state index contributed by atoms with van der Waals surface area (Å²) < 4.78 is 0. The van der Waals surface area contributed by atoms with E-state index in [1.807, 2.05) is 6.92 Å². The second-order valence-corrected chi connectivity index (χ2v) is 7.79. The van der Waals surface area contributed by atoms with Crippen molar-refractivity contribution in [3.63, 3.8) is 0 Å². The summed E-state index contributed by atoms with van der Waals surface area (Å²) in [7, 11) is 0. The average molecular weight is 451 g/mol. The van der Waals surface area contributed by atoms with Crippen molar-refractivity contribution < 1.29 is 29.4 Å².